The molecule has 1 heterocycles. The fraction of sp³-hybridized carbons (Fsp3) is 0.333. The normalized spacial score (nSPS) is 16.0. The number of benzene rings is 1. The first-order chi connectivity index (χ1) is 12.4. The van der Waals surface area contributed by atoms with E-state index in [2.05, 4.69) is 12.2 Å². The Kier molecular flexibility index (Phi) is 5.03. The number of hydrogen-bond acceptors (Lipinski definition) is 5. The molecule has 2 aromatic rings. The number of carbonyl (C=O) groups is 2. The molecule has 136 valence electrons. The minimum Gasteiger partial charge on any atom is -0.365 e. The van der Waals surface area contributed by atoms with E-state index in [0.717, 1.165) is 29.7 Å². The Hall–Kier alpha value is -2.74. The van der Waals surface area contributed by atoms with Crippen LogP contribution >= 0.6 is 11.3 Å². The molecule has 0 saturated carbocycles. The van der Waals surface area contributed by atoms with Crippen molar-refractivity contribution in [2.24, 2.45) is 11.7 Å². The van der Waals surface area contributed by atoms with E-state index in [0.29, 0.717) is 22.0 Å². The van der Waals surface area contributed by atoms with Gasteiger partial charge in [0.25, 0.3) is 11.6 Å². The van der Waals surface area contributed by atoms with Gasteiger partial charge in [-0.05, 0) is 30.7 Å². The molecule has 0 bridgehead atoms. The lowest BCUT2D eigenvalue weighted by Gasteiger charge is -2.18. The van der Waals surface area contributed by atoms with Gasteiger partial charge in [-0.15, -0.1) is 11.3 Å². The van der Waals surface area contributed by atoms with Gasteiger partial charge in [-0.1, -0.05) is 25.1 Å². The molecule has 7 nitrogen and oxygen atoms in total. The minimum absolute atomic E-state index is 0.0999. The second kappa shape index (κ2) is 7.25. The van der Waals surface area contributed by atoms with Gasteiger partial charge in [-0.2, -0.15) is 0 Å². The van der Waals surface area contributed by atoms with Gasteiger partial charge in [-0.3, -0.25) is 19.7 Å². The number of rotatable bonds is 5. The monoisotopic (exact) mass is 373 g/mol. The number of thiophene rings is 1. The Bertz CT molecular complexity index is 891. The van der Waals surface area contributed by atoms with Crippen molar-refractivity contribution < 1.29 is 14.5 Å². The fourth-order valence-electron chi connectivity index (χ4n) is 3.28. The largest absolute Gasteiger partial charge is 0.365 e. The van der Waals surface area contributed by atoms with E-state index in [1.54, 1.807) is 18.2 Å². The Morgan fingerprint density at radius 2 is 2.12 bits per heavy atom. The van der Waals surface area contributed by atoms with Crippen LogP contribution in [0.5, 0.6) is 0 Å². The Balaban J connectivity index is 1.84. The first-order valence-electron chi connectivity index (χ1n) is 8.33. The minimum atomic E-state index is -0.557. The average Bonchev–Trinajstić information content (AvgIpc) is 2.91. The maximum atomic E-state index is 12.4. The SMILES string of the molecule is CC1CCc2c(sc(NC(=O)Cc3ccccc3[N+](=O)[O-])c2C(N)=O)C1. The van der Waals surface area contributed by atoms with Gasteiger partial charge in [-0.25, -0.2) is 0 Å². The van der Waals surface area contributed by atoms with Crippen molar-refractivity contribution in [2.45, 2.75) is 32.6 Å². The fourth-order valence-corrected chi connectivity index (χ4v) is 4.71. The third-order valence-electron chi connectivity index (χ3n) is 4.55. The van der Waals surface area contributed by atoms with Crippen LogP contribution in [0.15, 0.2) is 24.3 Å². The smallest absolute Gasteiger partial charge is 0.273 e. The molecular weight excluding hydrogens is 354 g/mol. The number of nitrogens with zero attached hydrogens (tertiary/aromatic N) is 1. The summed E-state index contributed by atoms with van der Waals surface area (Å²) in [4.78, 5) is 36.0. The van der Waals surface area contributed by atoms with Crippen LogP contribution in [0.4, 0.5) is 10.7 Å². The Morgan fingerprint density at radius 3 is 2.81 bits per heavy atom. The van der Waals surface area contributed by atoms with Gasteiger partial charge >= 0.3 is 0 Å². The maximum absolute atomic E-state index is 12.4. The van der Waals surface area contributed by atoms with Crippen LogP contribution in [0.1, 0.15) is 39.7 Å². The lowest BCUT2D eigenvalue weighted by Crippen LogP contribution is -2.20. The third-order valence-corrected chi connectivity index (χ3v) is 5.72. The molecule has 1 aromatic carbocycles. The highest BCUT2D eigenvalue weighted by Gasteiger charge is 2.27. The number of nitro benzene ring substituents is 1. The molecule has 8 heteroatoms. The maximum Gasteiger partial charge on any atom is 0.273 e. The highest BCUT2D eigenvalue weighted by molar-refractivity contribution is 7.17. The van der Waals surface area contributed by atoms with E-state index in [9.17, 15) is 19.7 Å². The van der Waals surface area contributed by atoms with Crippen LogP contribution in [-0.2, 0) is 24.1 Å². The van der Waals surface area contributed by atoms with E-state index in [1.807, 2.05) is 0 Å². The van der Waals surface area contributed by atoms with Gasteiger partial charge in [0.15, 0.2) is 0 Å². The quantitative estimate of drug-likeness (QED) is 0.619. The standard InChI is InChI=1S/C18H19N3O4S/c1-10-6-7-12-14(8-10)26-18(16(12)17(19)23)20-15(22)9-11-4-2-3-5-13(11)21(24)25/h2-5,10H,6-9H2,1H3,(H2,19,23)(H,20,22). The van der Waals surface area contributed by atoms with Crippen LogP contribution in [0.25, 0.3) is 0 Å². The number of anilines is 1. The molecule has 1 aliphatic rings. The van der Waals surface area contributed by atoms with Crippen LogP contribution in [0.3, 0.4) is 0 Å². The topological polar surface area (TPSA) is 115 Å². The molecule has 0 radical (unpaired) electrons. The van der Waals surface area contributed by atoms with Gasteiger partial charge in [0.2, 0.25) is 5.91 Å². The molecule has 1 unspecified atom stereocenters. The Labute approximate surface area is 154 Å². The van der Waals surface area contributed by atoms with Crippen LogP contribution in [0, 0.1) is 16.0 Å². The van der Waals surface area contributed by atoms with E-state index >= 15 is 0 Å². The molecule has 1 atom stereocenters. The first kappa shape index (κ1) is 18.1. The van der Waals surface area contributed by atoms with Crippen molar-refractivity contribution in [3.8, 4) is 0 Å². The van der Waals surface area contributed by atoms with Crippen molar-refractivity contribution in [1.29, 1.82) is 0 Å². The number of hydrogen-bond donors (Lipinski definition) is 2. The molecule has 0 saturated heterocycles. The molecule has 3 rings (SSSR count). The zero-order valence-corrected chi connectivity index (χ0v) is 15.1. The number of nitro groups is 1. The summed E-state index contributed by atoms with van der Waals surface area (Å²) in [7, 11) is 0. The van der Waals surface area contributed by atoms with E-state index in [4.69, 9.17) is 5.73 Å². The number of nitrogens with one attached hydrogen (secondary N) is 1. The van der Waals surface area contributed by atoms with Gasteiger partial charge < -0.3 is 11.1 Å². The number of para-hydroxylation sites is 1. The van der Waals surface area contributed by atoms with Gasteiger partial charge in [0.05, 0.1) is 16.9 Å². The summed E-state index contributed by atoms with van der Waals surface area (Å²) in [6.07, 6.45) is 2.47. The third kappa shape index (κ3) is 3.60. The van der Waals surface area contributed by atoms with Crippen molar-refractivity contribution >= 4 is 33.8 Å². The van der Waals surface area contributed by atoms with Crippen LogP contribution < -0.4 is 11.1 Å². The lowest BCUT2D eigenvalue weighted by atomic mass is 9.88. The van der Waals surface area contributed by atoms with Crippen LogP contribution in [0.2, 0.25) is 0 Å². The molecule has 1 aliphatic carbocycles. The molecule has 0 fully saturated rings. The summed E-state index contributed by atoms with van der Waals surface area (Å²) < 4.78 is 0. The molecule has 0 spiro atoms. The van der Waals surface area contributed by atoms with Gasteiger partial charge in [0, 0.05) is 16.5 Å². The summed E-state index contributed by atoms with van der Waals surface area (Å²) in [5.74, 6) is -0.441. The average molecular weight is 373 g/mol. The van der Waals surface area contributed by atoms with Crippen molar-refractivity contribution in [3.05, 3.63) is 55.9 Å². The van der Waals surface area contributed by atoms with Crippen molar-refractivity contribution in [2.75, 3.05) is 5.32 Å². The van der Waals surface area contributed by atoms with E-state index < -0.39 is 16.7 Å². The second-order valence-corrected chi connectivity index (χ2v) is 7.64. The number of primary amides is 1. The highest BCUT2D eigenvalue weighted by atomic mass is 32.1. The Morgan fingerprint density at radius 1 is 1.38 bits per heavy atom. The lowest BCUT2D eigenvalue weighted by molar-refractivity contribution is -0.385. The zero-order valence-electron chi connectivity index (χ0n) is 14.3. The van der Waals surface area contributed by atoms with Crippen molar-refractivity contribution in [1.82, 2.24) is 0 Å². The molecule has 3 N–H and O–H groups in total. The predicted molar refractivity (Wildman–Crippen MR) is 99.5 cm³/mol. The predicted octanol–water partition coefficient (Wildman–Crippen LogP) is 3.06. The van der Waals surface area contributed by atoms with Crippen molar-refractivity contribution in [3.63, 3.8) is 0 Å². The summed E-state index contributed by atoms with van der Waals surface area (Å²) in [5.41, 5.74) is 7.08. The molecular formula is C18H19N3O4S. The highest BCUT2D eigenvalue weighted by Crippen LogP contribution is 2.39. The summed E-state index contributed by atoms with van der Waals surface area (Å²) in [6.45, 7) is 2.15. The first-order valence-corrected chi connectivity index (χ1v) is 9.15. The molecule has 26 heavy (non-hydrogen) atoms. The molecule has 2 amide bonds. The molecule has 1 aromatic heterocycles. The molecule has 0 aliphatic heterocycles. The summed E-state index contributed by atoms with van der Waals surface area (Å²) in [6, 6.07) is 6.12. The number of nitrogens with two attached hydrogens (primary N) is 1. The van der Waals surface area contributed by atoms with E-state index in [-0.39, 0.29) is 12.1 Å². The zero-order chi connectivity index (χ0) is 18.8. The summed E-state index contributed by atoms with van der Waals surface area (Å²) >= 11 is 1.38. The number of carbonyl (C=O) groups excluding carboxylic acids is 2. The summed E-state index contributed by atoms with van der Waals surface area (Å²) in [5, 5.41) is 14.3. The number of fused-ring (bicyclic) bond motifs is 1. The van der Waals surface area contributed by atoms with E-state index in [1.165, 1.54) is 17.4 Å². The number of amides is 2. The van der Waals surface area contributed by atoms with Crippen LogP contribution in [-0.4, -0.2) is 16.7 Å². The second-order valence-electron chi connectivity index (χ2n) is 6.53. The van der Waals surface area contributed by atoms with Gasteiger partial charge in [0.1, 0.15) is 5.00 Å².